The Morgan fingerprint density at radius 1 is 1.26 bits per heavy atom. The maximum Gasteiger partial charge on any atom is 0.162 e. The Balaban J connectivity index is 2.14. The molecule has 0 aliphatic carbocycles. The number of nitrogens with two attached hydrogens (primary N) is 1. The highest BCUT2D eigenvalue weighted by Crippen LogP contribution is 2.23. The first kappa shape index (κ1) is 13.6. The van der Waals surface area contributed by atoms with Crippen molar-refractivity contribution in [3.05, 3.63) is 58.1 Å². The van der Waals surface area contributed by atoms with Crippen LogP contribution >= 0.6 is 15.9 Å². The monoisotopic (exact) mass is 319 g/mol. The first-order valence-corrected chi connectivity index (χ1v) is 6.64. The van der Waals surface area contributed by atoms with E-state index in [9.17, 15) is 4.79 Å². The van der Waals surface area contributed by atoms with Crippen LogP contribution in [0.1, 0.15) is 22.8 Å². The summed E-state index contributed by atoms with van der Waals surface area (Å²) in [4.78, 5) is 11.4. The summed E-state index contributed by atoms with van der Waals surface area (Å²) in [5.41, 5.74) is 7.75. The molecule has 0 aromatic heterocycles. The van der Waals surface area contributed by atoms with Crippen LogP contribution in [0.5, 0.6) is 5.75 Å². The quantitative estimate of drug-likeness (QED) is 0.688. The molecule has 2 rings (SSSR count). The normalized spacial score (nSPS) is 10.2. The minimum absolute atomic E-state index is 0.0659. The van der Waals surface area contributed by atoms with Crippen LogP contribution in [0.4, 0.5) is 5.69 Å². The number of nitrogen functional groups attached to an aromatic ring is 1. The maximum absolute atomic E-state index is 11.4. The van der Waals surface area contributed by atoms with E-state index in [1.165, 1.54) is 6.92 Å². The highest BCUT2D eigenvalue weighted by molar-refractivity contribution is 9.10. The van der Waals surface area contributed by atoms with Crippen molar-refractivity contribution in [1.82, 2.24) is 0 Å². The lowest BCUT2D eigenvalue weighted by Gasteiger charge is -2.10. The van der Waals surface area contributed by atoms with E-state index in [0.29, 0.717) is 23.6 Å². The zero-order valence-electron chi connectivity index (χ0n) is 10.5. The molecule has 0 heterocycles. The Morgan fingerprint density at radius 3 is 2.68 bits per heavy atom. The second kappa shape index (κ2) is 5.89. The first-order valence-electron chi connectivity index (χ1n) is 5.84. The molecule has 0 aliphatic heterocycles. The summed E-state index contributed by atoms with van der Waals surface area (Å²) in [7, 11) is 0. The number of rotatable bonds is 4. The molecule has 0 fully saturated rings. The summed E-state index contributed by atoms with van der Waals surface area (Å²) < 4.78 is 6.68. The molecule has 0 unspecified atom stereocenters. The Kier molecular flexibility index (Phi) is 4.22. The van der Waals surface area contributed by atoms with Gasteiger partial charge >= 0.3 is 0 Å². The van der Waals surface area contributed by atoms with Crippen LogP contribution in [0.3, 0.4) is 0 Å². The maximum atomic E-state index is 11.4. The fourth-order valence-corrected chi connectivity index (χ4v) is 2.11. The standard InChI is InChI=1S/C15H14BrNO2/c1-10(18)13-8-12(6-7-15(13)17)19-9-11-4-2-3-5-14(11)16/h2-8H,9,17H2,1H3. The Morgan fingerprint density at radius 2 is 2.00 bits per heavy atom. The molecule has 2 aromatic carbocycles. The fourth-order valence-electron chi connectivity index (χ4n) is 1.71. The van der Waals surface area contributed by atoms with Gasteiger partial charge in [0.1, 0.15) is 12.4 Å². The molecule has 98 valence electrons. The molecule has 2 aromatic rings. The number of Topliss-reactive ketones (excluding diaryl/α,β-unsaturated/α-hetero) is 1. The number of ketones is 1. The van der Waals surface area contributed by atoms with Crippen molar-refractivity contribution >= 4 is 27.4 Å². The van der Waals surface area contributed by atoms with E-state index >= 15 is 0 Å². The number of carbonyl (C=O) groups is 1. The van der Waals surface area contributed by atoms with Gasteiger partial charge in [-0.2, -0.15) is 0 Å². The van der Waals surface area contributed by atoms with E-state index in [1.54, 1.807) is 18.2 Å². The smallest absolute Gasteiger partial charge is 0.162 e. The van der Waals surface area contributed by atoms with Crippen LogP contribution in [0.2, 0.25) is 0 Å². The van der Waals surface area contributed by atoms with Crippen molar-refractivity contribution < 1.29 is 9.53 Å². The van der Waals surface area contributed by atoms with E-state index in [1.807, 2.05) is 24.3 Å². The van der Waals surface area contributed by atoms with Gasteiger partial charge in [-0.1, -0.05) is 34.1 Å². The molecule has 0 amide bonds. The Bertz CT molecular complexity index is 611. The highest BCUT2D eigenvalue weighted by Gasteiger charge is 2.07. The number of halogens is 1. The van der Waals surface area contributed by atoms with Crippen molar-refractivity contribution in [2.75, 3.05) is 5.73 Å². The number of benzene rings is 2. The lowest BCUT2D eigenvalue weighted by Crippen LogP contribution is -2.02. The van der Waals surface area contributed by atoms with Gasteiger partial charge in [-0.25, -0.2) is 0 Å². The lowest BCUT2D eigenvalue weighted by atomic mass is 10.1. The average Bonchev–Trinajstić information content (AvgIpc) is 2.39. The topological polar surface area (TPSA) is 52.3 Å². The molecule has 0 radical (unpaired) electrons. The van der Waals surface area contributed by atoms with Crippen LogP contribution in [0, 0.1) is 0 Å². The number of ether oxygens (including phenoxy) is 1. The van der Waals surface area contributed by atoms with Gasteiger partial charge in [-0.15, -0.1) is 0 Å². The molecule has 0 saturated heterocycles. The largest absolute Gasteiger partial charge is 0.489 e. The van der Waals surface area contributed by atoms with Gasteiger partial charge in [0.05, 0.1) is 0 Å². The number of hydrogen-bond acceptors (Lipinski definition) is 3. The summed E-state index contributed by atoms with van der Waals surface area (Å²) >= 11 is 3.47. The van der Waals surface area contributed by atoms with Gasteiger partial charge in [0.25, 0.3) is 0 Å². The summed E-state index contributed by atoms with van der Waals surface area (Å²) in [6, 6.07) is 13.0. The van der Waals surface area contributed by atoms with Crippen LogP contribution in [-0.4, -0.2) is 5.78 Å². The van der Waals surface area contributed by atoms with E-state index in [2.05, 4.69) is 15.9 Å². The molecule has 4 heteroatoms. The molecular weight excluding hydrogens is 306 g/mol. The molecule has 19 heavy (non-hydrogen) atoms. The predicted octanol–water partition coefficient (Wildman–Crippen LogP) is 3.81. The van der Waals surface area contributed by atoms with Crippen molar-refractivity contribution in [3.8, 4) is 5.75 Å². The highest BCUT2D eigenvalue weighted by atomic mass is 79.9. The third-order valence-electron chi connectivity index (χ3n) is 2.76. The van der Waals surface area contributed by atoms with Gasteiger partial charge in [-0.05, 0) is 31.2 Å². The summed E-state index contributed by atoms with van der Waals surface area (Å²) in [5, 5.41) is 0. The van der Waals surface area contributed by atoms with E-state index in [4.69, 9.17) is 10.5 Å². The predicted molar refractivity (Wildman–Crippen MR) is 79.3 cm³/mol. The van der Waals surface area contributed by atoms with Crippen molar-refractivity contribution in [2.45, 2.75) is 13.5 Å². The molecule has 0 saturated carbocycles. The lowest BCUT2D eigenvalue weighted by molar-refractivity contribution is 0.101. The molecule has 0 bridgehead atoms. The van der Waals surface area contributed by atoms with Crippen LogP contribution < -0.4 is 10.5 Å². The molecular formula is C15H14BrNO2. The second-order valence-corrected chi connectivity index (χ2v) is 5.04. The van der Waals surface area contributed by atoms with Crippen molar-refractivity contribution in [1.29, 1.82) is 0 Å². The zero-order valence-corrected chi connectivity index (χ0v) is 12.1. The molecule has 0 spiro atoms. The molecule has 0 atom stereocenters. The Labute approximate surface area is 120 Å². The van der Waals surface area contributed by atoms with Crippen LogP contribution in [0.25, 0.3) is 0 Å². The zero-order chi connectivity index (χ0) is 13.8. The minimum Gasteiger partial charge on any atom is -0.489 e. The number of anilines is 1. The average molecular weight is 320 g/mol. The fraction of sp³-hybridized carbons (Fsp3) is 0.133. The van der Waals surface area contributed by atoms with E-state index in [-0.39, 0.29) is 5.78 Å². The molecule has 3 nitrogen and oxygen atoms in total. The van der Waals surface area contributed by atoms with Gasteiger partial charge in [0, 0.05) is 21.3 Å². The van der Waals surface area contributed by atoms with Crippen LogP contribution in [-0.2, 0) is 6.61 Å². The van der Waals surface area contributed by atoms with Gasteiger partial charge in [0.2, 0.25) is 0 Å². The minimum atomic E-state index is -0.0659. The summed E-state index contributed by atoms with van der Waals surface area (Å²) in [5.74, 6) is 0.569. The summed E-state index contributed by atoms with van der Waals surface area (Å²) in [6.07, 6.45) is 0. The second-order valence-electron chi connectivity index (χ2n) is 4.19. The number of hydrogen-bond donors (Lipinski definition) is 1. The van der Waals surface area contributed by atoms with Crippen molar-refractivity contribution in [3.63, 3.8) is 0 Å². The third-order valence-corrected chi connectivity index (χ3v) is 3.53. The van der Waals surface area contributed by atoms with Gasteiger partial charge < -0.3 is 10.5 Å². The SMILES string of the molecule is CC(=O)c1cc(OCc2ccccc2Br)ccc1N. The van der Waals surface area contributed by atoms with Gasteiger partial charge in [-0.3, -0.25) is 4.79 Å². The molecule has 0 aliphatic rings. The first-order chi connectivity index (χ1) is 9.08. The van der Waals surface area contributed by atoms with Gasteiger partial charge in [0.15, 0.2) is 5.78 Å². The third kappa shape index (κ3) is 3.35. The van der Waals surface area contributed by atoms with Crippen LogP contribution in [0.15, 0.2) is 46.9 Å². The van der Waals surface area contributed by atoms with Crippen molar-refractivity contribution in [2.24, 2.45) is 0 Å². The Hall–Kier alpha value is -1.81. The summed E-state index contributed by atoms with van der Waals surface area (Å²) in [6.45, 7) is 1.92. The molecule has 2 N–H and O–H groups in total. The van der Waals surface area contributed by atoms with E-state index in [0.717, 1.165) is 10.0 Å². The van der Waals surface area contributed by atoms with E-state index < -0.39 is 0 Å². The number of carbonyl (C=O) groups excluding carboxylic acids is 1.